The van der Waals surface area contributed by atoms with Crippen molar-refractivity contribution in [3.05, 3.63) is 11.6 Å². The van der Waals surface area contributed by atoms with Crippen LogP contribution in [-0.4, -0.2) is 35.5 Å². The number of alkyl halides is 3. The minimum absolute atomic E-state index is 0.121. The molecule has 0 aromatic heterocycles. The molecule has 0 bridgehead atoms. The highest BCUT2D eigenvalue weighted by molar-refractivity contribution is 7.99. The fourth-order valence-corrected chi connectivity index (χ4v) is 9.34. The van der Waals surface area contributed by atoms with Crippen molar-refractivity contribution in [2.75, 3.05) is 11.5 Å². The van der Waals surface area contributed by atoms with E-state index in [9.17, 15) is 22.8 Å². The van der Waals surface area contributed by atoms with Gasteiger partial charge in [-0.1, -0.05) is 57.9 Å². The summed E-state index contributed by atoms with van der Waals surface area (Å²) in [5, 5.41) is 0. The first-order valence-corrected chi connectivity index (χ1v) is 17.8. The van der Waals surface area contributed by atoms with E-state index >= 15 is 0 Å². The molecule has 4 aliphatic carbocycles. The molecule has 0 amide bonds. The third-order valence-electron chi connectivity index (χ3n) is 10.4. The van der Waals surface area contributed by atoms with Crippen LogP contribution < -0.4 is 0 Å². The SMILES string of the molecule is CC(=O)OC1CCC2C3CCC4=CC(=O)CCC4C3CCC12C.CCCCCCCCCSCCCCC(F)(F)F. The number of unbranched alkanes of at least 4 members (excludes halogenated alkanes) is 7. The van der Waals surface area contributed by atoms with Crippen LogP contribution >= 0.6 is 11.8 Å². The molecule has 0 N–H and O–H groups in total. The number of halogens is 3. The topological polar surface area (TPSA) is 43.4 Å². The van der Waals surface area contributed by atoms with Crippen molar-refractivity contribution in [2.24, 2.45) is 29.1 Å². The van der Waals surface area contributed by atoms with E-state index in [0.717, 1.165) is 49.0 Å². The lowest BCUT2D eigenvalue weighted by Gasteiger charge is -2.53. The zero-order valence-electron chi connectivity index (χ0n) is 25.9. The largest absolute Gasteiger partial charge is 0.462 e. The van der Waals surface area contributed by atoms with Gasteiger partial charge in [0.1, 0.15) is 6.10 Å². The number of thioether (sulfide) groups is 1. The van der Waals surface area contributed by atoms with Gasteiger partial charge in [0.25, 0.3) is 0 Å². The molecule has 236 valence electrons. The molecule has 0 aromatic rings. The lowest BCUT2D eigenvalue weighted by molar-refractivity contribution is -0.156. The van der Waals surface area contributed by atoms with Gasteiger partial charge in [-0.3, -0.25) is 9.59 Å². The zero-order chi connectivity index (χ0) is 29.9. The van der Waals surface area contributed by atoms with Gasteiger partial charge in [0.2, 0.25) is 0 Å². The van der Waals surface area contributed by atoms with Crippen LogP contribution in [0.1, 0.15) is 136 Å². The molecule has 3 nitrogen and oxygen atoms in total. The van der Waals surface area contributed by atoms with Crippen molar-refractivity contribution >= 4 is 23.5 Å². The monoisotopic (exact) mass is 600 g/mol. The van der Waals surface area contributed by atoms with Crippen molar-refractivity contribution in [3.63, 3.8) is 0 Å². The molecule has 0 radical (unpaired) electrons. The Morgan fingerprint density at radius 2 is 1.61 bits per heavy atom. The van der Waals surface area contributed by atoms with E-state index in [2.05, 4.69) is 13.8 Å². The fourth-order valence-electron chi connectivity index (χ4n) is 8.32. The third-order valence-corrected chi connectivity index (χ3v) is 11.6. The number of rotatable bonds is 13. The average molecular weight is 601 g/mol. The summed E-state index contributed by atoms with van der Waals surface area (Å²) in [6, 6.07) is 0. The predicted octanol–water partition coefficient (Wildman–Crippen LogP) is 10.3. The van der Waals surface area contributed by atoms with Crippen LogP contribution in [0.3, 0.4) is 0 Å². The van der Waals surface area contributed by atoms with Crippen LogP contribution in [0.25, 0.3) is 0 Å². The van der Waals surface area contributed by atoms with Gasteiger partial charge in [0.15, 0.2) is 5.78 Å². The number of hydrogen-bond acceptors (Lipinski definition) is 4. The second kappa shape index (κ2) is 16.8. The van der Waals surface area contributed by atoms with Gasteiger partial charge in [-0.05, 0) is 105 Å². The van der Waals surface area contributed by atoms with E-state index in [1.54, 1.807) is 18.7 Å². The number of allylic oxidation sites excluding steroid dienone is 1. The summed E-state index contributed by atoms with van der Waals surface area (Å²) < 4.78 is 41.2. The maximum absolute atomic E-state index is 11.9. The number of carbonyl (C=O) groups excluding carboxylic acids is 2. The summed E-state index contributed by atoms with van der Waals surface area (Å²) >= 11 is 1.80. The summed E-state index contributed by atoms with van der Waals surface area (Å²) in [5.41, 5.74) is 1.62. The van der Waals surface area contributed by atoms with E-state index < -0.39 is 12.6 Å². The maximum atomic E-state index is 11.9. The minimum Gasteiger partial charge on any atom is -0.462 e. The van der Waals surface area contributed by atoms with Crippen molar-refractivity contribution in [1.82, 2.24) is 0 Å². The highest BCUT2D eigenvalue weighted by atomic mass is 32.2. The Labute approximate surface area is 251 Å². The Kier molecular flexibility index (Phi) is 14.1. The quantitative estimate of drug-likeness (QED) is 0.156. The molecule has 0 heterocycles. The van der Waals surface area contributed by atoms with Gasteiger partial charge < -0.3 is 4.74 Å². The van der Waals surface area contributed by atoms with E-state index in [1.165, 1.54) is 76.2 Å². The number of hydrogen-bond donors (Lipinski definition) is 0. The van der Waals surface area contributed by atoms with E-state index in [1.807, 2.05) is 6.08 Å². The molecule has 4 rings (SSSR count). The molecular formula is C34H55F3O3S. The Balaban J connectivity index is 0.000000235. The van der Waals surface area contributed by atoms with Gasteiger partial charge in [-0.25, -0.2) is 0 Å². The highest BCUT2D eigenvalue weighted by Gasteiger charge is 2.57. The number of ether oxygens (including phenoxy) is 1. The van der Waals surface area contributed by atoms with Crippen molar-refractivity contribution in [1.29, 1.82) is 0 Å². The van der Waals surface area contributed by atoms with Crippen LogP contribution in [-0.2, 0) is 14.3 Å². The van der Waals surface area contributed by atoms with Crippen molar-refractivity contribution < 1.29 is 27.5 Å². The molecule has 41 heavy (non-hydrogen) atoms. The summed E-state index contributed by atoms with van der Waals surface area (Å²) in [7, 11) is 0. The first-order valence-electron chi connectivity index (χ1n) is 16.6. The number of carbonyl (C=O) groups is 2. The highest BCUT2D eigenvalue weighted by Crippen LogP contribution is 2.62. The van der Waals surface area contributed by atoms with E-state index in [0.29, 0.717) is 24.0 Å². The average Bonchev–Trinajstić information content (AvgIpc) is 3.24. The number of fused-ring (bicyclic) bond motifs is 5. The molecular weight excluding hydrogens is 545 g/mol. The van der Waals surface area contributed by atoms with E-state index in [-0.39, 0.29) is 23.9 Å². The second-order valence-corrected chi connectivity index (χ2v) is 14.6. The van der Waals surface area contributed by atoms with Gasteiger partial charge >= 0.3 is 12.1 Å². The Morgan fingerprint density at radius 3 is 2.29 bits per heavy atom. The lowest BCUT2D eigenvalue weighted by atomic mass is 9.52. The Morgan fingerprint density at radius 1 is 0.927 bits per heavy atom. The maximum Gasteiger partial charge on any atom is 0.389 e. The standard InChI is InChI=1S/C20H28O3.C14H27F3S/c1-12(21)23-19-8-7-18-17-5-3-13-11-14(22)4-6-15(13)16(17)9-10-20(18,19)2;1-2-3-4-5-6-7-9-12-18-13-10-8-11-14(15,16)17/h11,15-19H,3-10H2,1-2H3;2-13H2,1H3. The first kappa shape index (κ1) is 34.5. The normalized spacial score (nSPS) is 30.8. The Bertz CT molecular complexity index is 857. The molecule has 0 spiro atoms. The second-order valence-electron chi connectivity index (χ2n) is 13.3. The number of esters is 1. The summed E-state index contributed by atoms with van der Waals surface area (Å²) in [6.45, 7) is 6.12. The number of ketones is 1. The summed E-state index contributed by atoms with van der Waals surface area (Å²) in [4.78, 5) is 23.2. The molecule has 6 atom stereocenters. The minimum atomic E-state index is -3.97. The van der Waals surface area contributed by atoms with Gasteiger partial charge in [-0.15, -0.1) is 0 Å². The van der Waals surface area contributed by atoms with Crippen LogP contribution in [0.15, 0.2) is 11.6 Å². The molecule has 4 aliphatic rings. The molecule has 3 fully saturated rings. The lowest BCUT2D eigenvalue weighted by Crippen LogP contribution is -2.48. The van der Waals surface area contributed by atoms with Gasteiger partial charge in [0.05, 0.1) is 0 Å². The fraction of sp³-hybridized carbons (Fsp3) is 0.882. The predicted molar refractivity (Wildman–Crippen MR) is 163 cm³/mol. The van der Waals surface area contributed by atoms with Crippen molar-refractivity contribution in [2.45, 2.75) is 149 Å². The van der Waals surface area contributed by atoms with Gasteiger partial charge in [-0.2, -0.15) is 24.9 Å². The molecule has 6 unspecified atom stereocenters. The molecule has 0 aromatic carbocycles. The molecule has 7 heteroatoms. The van der Waals surface area contributed by atoms with Crippen LogP contribution in [0.4, 0.5) is 13.2 Å². The van der Waals surface area contributed by atoms with Crippen LogP contribution in [0, 0.1) is 29.1 Å². The Hall–Kier alpha value is -0.980. The van der Waals surface area contributed by atoms with Crippen molar-refractivity contribution in [3.8, 4) is 0 Å². The van der Waals surface area contributed by atoms with E-state index in [4.69, 9.17) is 4.74 Å². The summed E-state index contributed by atoms with van der Waals surface area (Å²) in [5.74, 6) is 5.09. The molecule has 0 saturated heterocycles. The molecule has 3 saturated carbocycles. The smallest absolute Gasteiger partial charge is 0.389 e. The van der Waals surface area contributed by atoms with Gasteiger partial charge in [0, 0.05) is 25.2 Å². The van der Waals surface area contributed by atoms with Crippen LogP contribution in [0.5, 0.6) is 0 Å². The summed E-state index contributed by atoms with van der Waals surface area (Å²) in [6.07, 6.45) is 16.4. The zero-order valence-corrected chi connectivity index (χ0v) is 26.7. The third kappa shape index (κ3) is 10.6. The van der Waals surface area contributed by atoms with Crippen LogP contribution in [0.2, 0.25) is 0 Å². The first-order chi connectivity index (χ1) is 19.5. The molecule has 0 aliphatic heterocycles.